The Balaban J connectivity index is 2.97. The zero-order valence-electron chi connectivity index (χ0n) is 5.48. The SMILES string of the molecule is C=COCC(C)NC. The van der Waals surface area contributed by atoms with E-state index in [1.54, 1.807) is 0 Å². The molecular weight excluding hydrogens is 102 g/mol. The van der Waals surface area contributed by atoms with Crippen LogP contribution in [0.4, 0.5) is 0 Å². The van der Waals surface area contributed by atoms with E-state index in [2.05, 4.69) is 11.9 Å². The van der Waals surface area contributed by atoms with Crippen LogP contribution in [0.15, 0.2) is 12.8 Å². The van der Waals surface area contributed by atoms with E-state index in [1.807, 2.05) is 14.0 Å². The van der Waals surface area contributed by atoms with Crippen molar-refractivity contribution in [3.8, 4) is 0 Å². The van der Waals surface area contributed by atoms with E-state index in [9.17, 15) is 0 Å². The molecule has 0 spiro atoms. The van der Waals surface area contributed by atoms with Crippen molar-refractivity contribution in [2.24, 2.45) is 0 Å². The second kappa shape index (κ2) is 4.65. The Morgan fingerprint density at radius 3 is 2.88 bits per heavy atom. The largest absolute Gasteiger partial charge is 0.500 e. The van der Waals surface area contributed by atoms with Crippen molar-refractivity contribution in [2.45, 2.75) is 13.0 Å². The van der Waals surface area contributed by atoms with E-state index in [0.29, 0.717) is 12.6 Å². The highest BCUT2D eigenvalue weighted by Gasteiger charge is 1.92. The van der Waals surface area contributed by atoms with Crippen molar-refractivity contribution in [2.75, 3.05) is 13.7 Å². The maximum atomic E-state index is 4.89. The average molecular weight is 115 g/mol. The second-order valence-electron chi connectivity index (χ2n) is 1.69. The molecule has 0 aromatic rings. The lowest BCUT2D eigenvalue weighted by Crippen LogP contribution is -2.25. The summed E-state index contributed by atoms with van der Waals surface area (Å²) in [5, 5.41) is 3.03. The maximum Gasteiger partial charge on any atom is 0.102 e. The molecule has 0 saturated carbocycles. The summed E-state index contributed by atoms with van der Waals surface area (Å²) in [6.07, 6.45) is 1.45. The third-order valence-corrected chi connectivity index (χ3v) is 0.957. The Kier molecular flexibility index (Phi) is 4.36. The van der Waals surface area contributed by atoms with Crippen molar-refractivity contribution in [3.05, 3.63) is 12.8 Å². The van der Waals surface area contributed by atoms with Gasteiger partial charge in [0.25, 0.3) is 0 Å². The fourth-order valence-corrected chi connectivity index (χ4v) is 0.296. The molecule has 0 aromatic heterocycles. The Hall–Kier alpha value is -0.500. The Labute approximate surface area is 50.5 Å². The van der Waals surface area contributed by atoms with Gasteiger partial charge in [0, 0.05) is 6.04 Å². The average Bonchev–Trinajstić information content (AvgIpc) is 1.83. The number of rotatable bonds is 4. The van der Waals surface area contributed by atoms with Crippen LogP contribution in [0.1, 0.15) is 6.92 Å². The molecule has 8 heavy (non-hydrogen) atoms. The van der Waals surface area contributed by atoms with Crippen LogP contribution in [-0.2, 0) is 4.74 Å². The molecule has 48 valence electrons. The minimum Gasteiger partial charge on any atom is -0.500 e. The van der Waals surface area contributed by atoms with Gasteiger partial charge in [-0.2, -0.15) is 0 Å². The predicted octanol–water partition coefficient (Wildman–Crippen LogP) is 0.754. The zero-order chi connectivity index (χ0) is 6.41. The second-order valence-corrected chi connectivity index (χ2v) is 1.69. The molecule has 0 aliphatic heterocycles. The molecule has 1 unspecified atom stereocenters. The molecule has 2 nitrogen and oxygen atoms in total. The van der Waals surface area contributed by atoms with Crippen LogP contribution in [-0.4, -0.2) is 19.7 Å². The summed E-state index contributed by atoms with van der Waals surface area (Å²) >= 11 is 0. The van der Waals surface area contributed by atoms with Gasteiger partial charge < -0.3 is 10.1 Å². The molecule has 0 radical (unpaired) electrons. The Morgan fingerprint density at radius 1 is 1.88 bits per heavy atom. The summed E-state index contributed by atoms with van der Waals surface area (Å²) in [6.45, 7) is 6.16. The van der Waals surface area contributed by atoms with Crippen LogP contribution in [0.2, 0.25) is 0 Å². The number of likely N-dealkylation sites (N-methyl/N-ethyl adjacent to an activating group) is 1. The smallest absolute Gasteiger partial charge is 0.102 e. The maximum absolute atomic E-state index is 4.89. The lowest BCUT2D eigenvalue weighted by molar-refractivity contribution is 0.221. The summed E-state index contributed by atoms with van der Waals surface area (Å²) in [5.74, 6) is 0. The molecular formula is C6H13NO. The Morgan fingerprint density at radius 2 is 2.50 bits per heavy atom. The first kappa shape index (κ1) is 7.50. The van der Waals surface area contributed by atoms with Crippen LogP contribution < -0.4 is 5.32 Å². The minimum absolute atomic E-state index is 0.410. The molecule has 0 fully saturated rings. The lowest BCUT2D eigenvalue weighted by Gasteiger charge is -2.07. The van der Waals surface area contributed by atoms with Crippen LogP contribution in [0.5, 0.6) is 0 Å². The molecule has 0 saturated heterocycles. The number of hydrogen-bond donors (Lipinski definition) is 1. The number of nitrogens with one attached hydrogen (secondary N) is 1. The molecule has 1 atom stereocenters. The van der Waals surface area contributed by atoms with Gasteiger partial charge in [0.2, 0.25) is 0 Å². The van der Waals surface area contributed by atoms with Crippen LogP contribution >= 0.6 is 0 Å². The van der Waals surface area contributed by atoms with Gasteiger partial charge in [0.15, 0.2) is 0 Å². The molecule has 0 bridgehead atoms. The zero-order valence-corrected chi connectivity index (χ0v) is 5.48. The van der Waals surface area contributed by atoms with Crippen LogP contribution in [0.3, 0.4) is 0 Å². The van der Waals surface area contributed by atoms with Gasteiger partial charge in [0.1, 0.15) is 6.61 Å². The van der Waals surface area contributed by atoms with Gasteiger partial charge in [-0.25, -0.2) is 0 Å². The van der Waals surface area contributed by atoms with Gasteiger partial charge in [-0.3, -0.25) is 0 Å². The van der Waals surface area contributed by atoms with Crippen molar-refractivity contribution < 1.29 is 4.74 Å². The third-order valence-electron chi connectivity index (χ3n) is 0.957. The van der Waals surface area contributed by atoms with E-state index in [1.165, 1.54) is 6.26 Å². The monoisotopic (exact) mass is 115 g/mol. The van der Waals surface area contributed by atoms with E-state index in [-0.39, 0.29) is 0 Å². The van der Waals surface area contributed by atoms with Crippen molar-refractivity contribution >= 4 is 0 Å². The van der Waals surface area contributed by atoms with Gasteiger partial charge in [-0.15, -0.1) is 0 Å². The van der Waals surface area contributed by atoms with Gasteiger partial charge in [-0.1, -0.05) is 6.58 Å². The first-order valence-corrected chi connectivity index (χ1v) is 2.71. The fraction of sp³-hybridized carbons (Fsp3) is 0.667. The van der Waals surface area contributed by atoms with E-state index < -0.39 is 0 Å². The van der Waals surface area contributed by atoms with Crippen molar-refractivity contribution in [1.29, 1.82) is 0 Å². The summed E-state index contributed by atoms with van der Waals surface area (Å²) in [5.41, 5.74) is 0. The molecule has 0 rings (SSSR count). The standard InChI is InChI=1S/C6H13NO/c1-4-8-5-6(2)7-3/h4,6-7H,1,5H2,2-3H3. The molecule has 0 amide bonds. The molecule has 0 heterocycles. The molecule has 0 aromatic carbocycles. The molecule has 0 aliphatic rings. The predicted molar refractivity (Wildman–Crippen MR) is 34.7 cm³/mol. The first-order valence-electron chi connectivity index (χ1n) is 2.71. The molecule has 2 heteroatoms. The van der Waals surface area contributed by atoms with Gasteiger partial charge in [-0.05, 0) is 14.0 Å². The van der Waals surface area contributed by atoms with Crippen LogP contribution in [0.25, 0.3) is 0 Å². The quantitative estimate of drug-likeness (QED) is 0.546. The topological polar surface area (TPSA) is 21.3 Å². The van der Waals surface area contributed by atoms with Crippen molar-refractivity contribution in [1.82, 2.24) is 5.32 Å². The van der Waals surface area contributed by atoms with Gasteiger partial charge in [0.05, 0.1) is 6.26 Å². The fourth-order valence-electron chi connectivity index (χ4n) is 0.296. The highest BCUT2D eigenvalue weighted by atomic mass is 16.5. The Bertz CT molecular complexity index is 63.5. The summed E-state index contributed by atoms with van der Waals surface area (Å²) in [6, 6.07) is 0.410. The summed E-state index contributed by atoms with van der Waals surface area (Å²) < 4.78 is 4.89. The van der Waals surface area contributed by atoms with E-state index in [0.717, 1.165) is 0 Å². The molecule has 0 aliphatic carbocycles. The highest BCUT2D eigenvalue weighted by molar-refractivity contribution is 4.57. The van der Waals surface area contributed by atoms with Crippen LogP contribution in [0, 0.1) is 0 Å². The van der Waals surface area contributed by atoms with E-state index in [4.69, 9.17) is 4.74 Å². The summed E-state index contributed by atoms with van der Waals surface area (Å²) in [7, 11) is 1.90. The normalized spacial score (nSPS) is 12.8. The molecule has 1 N–H and O–H groups in total. The van der Waals surface area contributed by atoms with E-state index >= 15 is 0 Å². The minimum atomic E-state index is 0.410. The third kappa shape index (κ3) is 3.68. The highest BCUT2D eigenvalue weighted by Crippen LogP contribution is 1.80. The number of hydrogen-bond acceptors (Lipinski definition) is 2. The lowest BCUT2D eigenvalue weighted by atomic mass is 10.4. The van der Waals surface area contributed by atoms with Crippen molar-refractivity contribution in [3.63, 3.8) is 0 Å². The van der Waals surface area contributed by atoms with Gasteiger partial charge >= 0.3 is 0 Å². The first-order chi connectivity index (χ1) is 3.81. The summed E-state index contributed by atoms with van der Waals surface area (Å²) in [4.78, 5) is 0. The number of ether oxygens (including phenoxy) is 1.